The number of rotatable bonds is 4. The molecule has 0 radical (unpaired) electrons. The lowest BCUT2D eigenvalue weighted by molar-refractivity contribution is -0.664. The zero-order chi connectivity index (χ0) is 20.6. The van der Waals surface area contributed by atoms with Crippen LogP contribution in [0, 0.1) is 5.21 Å². The third kappa shape index (κ3) is 3.82. The van der Waals surface area contributed by atoms with Gasteiger partial charge in [-0.2, -0.15) is 0 Å². The predicted molar refractivity (Wildman–Crippen MR) is 108 cm³/mol. The van der Waals surface area contributed by atoms with Gasteiger partial charge in [0.05, 0.1) is 12.2 Å². The van der Waals surface area contributed by atoms with Crippen molar-refractivity contribution in [1.82, 2.24) is 9.90 Å². The van der Waals surface area contributed by atoms with Crippen molar-refractivity contribution >= 4 is 32.9 Å². The third-order valence-corrected chi connectivity index (χ3v) is 5.03. The molecule has 1 aromatic heterocycles. The number of halogens is 1. The molecular formula is C20H22BrN3O4. The van der Waals surface area contributed by atoms with Gasteiger partial charge >= 0.3 is 5.97 Å². The van der Waals surface area contributed by atoms with Gasteiger partial charge in [0.2, 0.25) is 11.0 Å². The highest BCUT2D eigenvalue weighted by molar-refractivity contribution is 9.10. The number of phenolic OH excluding ortho intramolecular Hbond substituents is 1. The van der Waals surface area contributed by atoms with Crippen LogP contribution in [-0.2, 0) is 21.4 Å². The van der Waals surface area contributed by atoms with Crippen LogP contribution >= 0.6 is 15.9 Å². The number of benzene rings is 2. The first-order valence-electron chi connectivity index (χ1n) is 8.83. The van der Waals surface area contributed by atoms with E-state index >= 15 is 0 Å². The third-order valence-electron chi connectivity index (χ3n) is 4.54. The van der Waals surface area contributed by atoms with E-state index in [0.717, 1.165) is 14.8 Å². The lowest BCUT2D eigenvalue weighted by Gasteiger charge is -2.22. The maximum absolute atomic E-state index is 12.8. The molecule has 0 aliphatic rings. The first kappa shape index (κ1) is 20.1. The Hall–Kier alpha value is -2.61. The molecule has 28 heavy (non-hydrogen) atoms. The van der Waals surface area contributed by atoms with E-state index in [1.807, 2.05) is 26.8 Å². The number of aryl methyl sites for hydroxylation is 1. The van der Waals surface area contributed by atoms with E-state index in [4.69, 9.17) is 4.74 Å². The standard InChI is InChI=1S/C20H22BrN3O4/c1-20(2,3)14-9-12(5-8-18(25)28-4)10-17(19(14)26)23-22-15-7-6-13(21)11-16(15)24(23)27/h6-7,9-11,26H,5,8H2,1-4H3. The number of nitrogens with zero attached hydrogens (tertiary/aromatic N) is 3. The number of phenols is 1. The fourth-order valence-electron chi connectivity index (χ4n) is 3.03. The molecule has 0 aliphatic heterocycles. The highest BCUT2D eigenvalue weighted by Crippen LogP contribution is 2.36. The van der Waals surface area contributed by atoms with Crippen LogP contribution in [0.1, 0.15) is 38.3 Å². The van der Waals surface area contributed by atoms with Gasteiger partial charge in [-0.15, -0.1) is 4.85 Å². The van der Waals surface area contributed by atoms with E-state index in [1.54, 1.807) is 24.3 Å². The highest BCUT2D eigenvalue weighted by atomic mass is 79.9. The lowest BCUT2D eigenvalue weighted by atomic mass is 9.84. The van der Waals surface area contributed by atoms with Gasteiger partial charge in [-0.05, 0) is 40.4 Å². The molecule has 1 heterocycles. The normalized spacial score (nSPS) is 11.8. The van der Waals surface area contributed by atoms with Gasteiger partial charge in [0.25, 0.3) is 0 Å². The predicted octanol–water partition coefficient (Wildman–Crippen LogP) is 3.53. The zero-order valence-electron chi connectivity index (χ0n) is 16.2. The minimum absolute atomic E-state index is 0.00853. The van der Waals surface area contributed by atoms with Crippen molar-refractivity contribution < 1.29 is 19.5 Å². The number of carbonyl (C=O) groups is 1. The second kappa shape index (κ2) is 7.43. The summed E-state index contributed by atoms with van der Waals surface area (Å²) in [5.74, 6) is -0.328. The number of ether oxygens (including phenoxy) is 1. The number of hydrogen-bond donors (Lipinski definition) is 1. The number of hydrogen-bond acceptors (Lipinski definition) is 5. The minimum atomic E-state index is -0.372. The molecule has 0 bridgehead atoms. The monoisotopic (exact) mass is 447 g/mol. The molecule has 0 spiro atoms. The number of carbonyl (C=O) groups excluding carboxylic acids is 1. The summed E-state index contributed by atoms with van der Waals surface area (Å²) in [6.45, 7) is 5.91. The van der Waals surface area contributed by atoms with Crippen LogP contribution in [0.5, 0.6) is 5.75 Å². The maximum Gasteiger partial charge on any atom is 0.305 e. The quantitative estimate of drug-likeness (QED) is 0.375. The molecule has 0 saturated heterocycles. The molecule has 148 valence electrons. The van der Waals surface area contributed by atoms with E-state index in [-0.39, 0.29) is 29.2 Å². The fourth-order valence-corrected chi connectivity index (χ4v) is 3.37. The largest absolute Gasteiger partial charge is 0.692 e. The van der Waals surface area contributed by atoms with Gasteiger partial charge in [-0.1, -0.05) is 42.8 Å². The van der Waals surface area contributed by atoms with E-state index in [0.29, 0.717) is 27.9 Å². The molecule has 0 saturated carbocycles. The SMILES string of the molecule is COC(=O)CCc1cc(-n2nc3ccc(Br)cc3[n+]2[O-])c(O)c(C(C)(C)C)c1. The first-order valence-corrected chi connectivity index (χ1v) is 9.63. The molecule has 3 rings (SSSR count). The Morgan fingerprint density at radius 2 is 2.04 bits per heavy atom. The van der Waals surface area contributed by atoms with Crippen LogP contribution in [-0.4, -0.2) is 28.1 Å². The highest BCUT2D eigenvalue weighted by Gasteiger charge is 2.26. The van der Waals surface area contributed by atoms with Gasteiger partial charge in [0, 0.05) is 22.5 Å². The van der Waals surface area contributed by atoms with E-state index in [1.165, 1.54) is 7.11 Å². The molecule has 0 atom stereocenters. The van der Waals surface area contributed by atoms with Crippen molar-refractivity contribution in [2.24, 2.45) is 0 Å². The van der Waals surface area contributed by atoms with Crippen LogP contribution in [0.3, 0.4) is 0 Å². The fraction of sp³-hybridized carbons (Fsp3) is 0.350. The Labute approximate surface area is 171 Å². The maximum atomic E-state index is 12.8. The second-order valence-corrected chi connectivity index (χ2v) is 8.55. The first-order chi connectivity index (χ1) is 13.1. The van der Waals surface area contributed by atoms with Crippen molar-refractivity contribution in [2.45, 2.75) is 39.0 Å². The Morgan fingerprint density at radius 1 is 1.32 bits per heavy atom. The van der Waals surface area contributed by atoms with Crippen molar-refractivity contribution in [1.29, 1.82) is 0 Å². The number of methoxy groups -OCH3 is 1. The topological polar surface area (TPSA) is 91.3 Å². The summed E-state index contributed by atoms with van der Waals surface area (Å²) in [6, 6.07) is 8.74. The Kier molecular flexibility index (Phi) is 5.34. The van der Waals surface area contributed by atoms with E-state index in [2.05, 4.69) is 21.0 Å². The van der Waals surface area contributed by atoms with Gasteiger partial charge in [0.1, 0.15) is 0 Å². The van der Waals surface area contributed by atoms with Gasteiger partial charge in [0.15, 0.2) is 11.4 Å². The molecular weight excluding hydrogens is 426 g/mol. The van der Waals surface area contributed by atoms with Gasteiger partial charge in [-0.3, -0.25) is 4.79 Å². The average Bonchev–Trinajstić information content (AvgIpc) is 2.95. The van der Waals surface area contributed by atoms with Gasteiger partial charge < -0.3 is 15.1 Å². The van der Waals surface area contributed by atoms with E-state index in [9.17, 15) is 15.1 Å². The van der Waals surface area contributed by atoms with Gasteiger partial charge in [-0.25, -0.2) is 0 Å². The van der Waals surface area contributed by atoms with Crippen LogP contribution in [0.25, 0.3) is 16.7 Å². The molecule has 3 aromatic rings. The molecule has 0 aliphatic carbocycles. The van der Waals surface area contributed by atoms with E-state index < -0.39 is 0 Å². The Morgan fingerprint density at radius 3 is 2.68 bits per heavy atom. The van der Waals surface area contributed by atoms with Crippen LogP contribution in [0.15, 0.2) is 34.8 Å². The van der Waals surface area contributed by atoms with Crippen molar-refractivity contribution in [3.8, 4) is 11.4 Å². The number of fused-ring (bicyclic) bond motifs is 1. The van der Waals surface area contributed by atoms with Crippen LogP contribution in [0.4, 0.5) is 0 Å². The Balaban J connectivity index is 2.19. The summed E-state index contributed by atoms with van der Waals surface area (Å²) in [7, 11) is 1.35. The molecule has 7 nitrogen and oxygen atoms in total. The molecule has 0 fully saturated rings. The second-order valence-electron chi connectivity index (χ2n) is 7.63. The smallest absolute Gasteiger partial charge is 0.305 e. The van der Waals surface area contributed by atoms with Crippen molar-refractivity contribution in [3.63, 3.8) is 0 Å². The number of aromatic nitrogens is 3. The molecule has 2 aromatic carbocycles. The summed E-state index contributed by atoms with van der Waals surface area (Å²) < 4.78 is 5.47. The molecule has 8 heteroatoms. The minimum Gasteiger partial charge on any atom is -0.692 e. The summed E-state index contributed by atoms with van der Waals surface area (Å²) in [5, 5.41) is 28.1. The number of aromatic hydroxyl groups is 1. The zero-order valence-corrected chi connectivity index (χ0v) is 17.8. The molecule has 0 unspecified atom stereocenters. The summed E-state index contributed by atoms with van der Waals surface area (Å²) >= 11 is 3.35. The summed E-state index contributed by atoms with van der Waals surface area (Å²) in [5.41, 5.74) is 2.27. The average molecular weight is 448 g/mol. The molecule has 0 amide bonds. The van der Waals surface area contributed by atoms with Crippen LogP contribution < -0.4 is 4.85 Å². The van der Waals surface area contributed by atoms with Crippen LogP contribution in [0.2, 0.25) is 0 Å². The Bertz CT molecular complexity index is 1050. The van der Waals surface area contributed by atoms with Crippen molar-refractivity contribution in [2.75, 3.05) is 7.11 Å². The number of esters is 1. The van der Waals surface area contributed by atoms with Crippen molar-refractivity contribution in [3.05, 3.63) is 51.1 Å². The summed E-state index contributed by atoms with van der Waals surface area (Å²) in [4.78, 5) is 13.3. The molecule has 1 N–H and O–H groups in total. The summed E-state index contributed by atoms with van der Waals surface area (Å²) in [6.07, 6.45) is 0.629. The lowest BCUT2D eigenvalue weighted by Crippen LogP contribution is -2.37.